The third-order valence-electron chi connectivity index (χ3n) is 3.97. The SMILES string of the molecule is COc1cccc2c3c(oc12)/C(=C\C=O)OC(/C=C/c1ccccc1)=N3. The summed E-state index contributed by atoms with van der Waals surface area (Å²) in [7, 11) is 1.58. The molecule has 0 saturated heterocycles. The van der Waals surface area contributed by atoms with E-state index in [4.69, 9.17) is 13.9 Å². The van der Waals surface area contributed by atoms with Gasteiger partial charge in [0.25, 0.3) is 0 Å². The van der Waals surface area contributed by atoms with Gasteiger partial charge in [0.05, 0.1) is 12.5 Å². The predicted octanol–water partition coefficient (Wildman–Crippen LogP) is 4.75. The lowest BCUT2D eigenvalue weighted by atomic mass is 10.2. The lowest BCUT2D eigenvalue weighted by Gasteiger charge is -2.12. The summed E-state index contributed by atoms with van der Waals surface area (Å²) in [6.45, 7) is 0. The van der Waals surface area contributed by atoms with Crippen LogP contribution in [-0.4, -0.2) is 19.3 Å². The Morgan fingerprint density at radius 2 is 1.88 bits per heavy atom. The van der Waals surface area contributed by atoms with Gasteiger partial charge in [-0.05, 0) is 23.8 Å². The molecule has 26 heavy (non-hydrogen) atoms. The average molecular weight is 345 g/mol. The molecular formula is C21H15NO4. The van der Waals surface area contributed by atoms with Crippen LogP contribution in [0, 0.1) is 0 Å². The van der Waals surface area contributed by atoms with Crippen LogP contribution in [0.4, 0.5) is 5.69 Å². The van der Waals surface area contributed by atoms with Crippen molar-refractivity contribution in [1.82, 2.24) is 0 Å². The molecule has 0 fully saturated rings. The van der Waals surface area contributed by atoms with Gasteiger partial charge in [0.2, 0.25) is 5.90 Å². The molecule has 0 aliphatic carbocycles. The number of carbonyl (C=O) groups is 1. The Morgan fingerprint density at radius 1 is 1.04 bits per heavy atom. The molecule has 0 unspecified atom stereocenters. The van der Waals surface area contributed by atoms with Crippen molar-refractivity contribution in [3.63, 3.8) is 0 Å². The van der Waals surface area contributed by atoms with Gasteiger partial charge < -0.3 is 13.9 Å². The maximum atomic E-state index is 11.0. The molecule has 1 aliphatic rings. The molecule has 5 nitrogen and oxygen atoms in total. The minimum absolute atomic E-state index is 0.316. The lowest BCUT2D eigenvalue weighted by molar-refractivity contribution is -0.104. The van der Waals surface area contributed by atoms with E-state index in [2.05, 4.69) is 4.99 Å². The summed E-state index contributed by atoms with van der Waals surface area (Å²) in [6.07, 6.45) is 5.63. The molecule has 2 heterocycles. The van der Waals surface area contributed by atoms with Crippen LogP contribution in [0.3, 0.4) is 0 Å². The predicted molar refractivity (Wildman–Crippen MR) is 100 cm³/mol. The normalized spacial score (nSPS) is 15.0. The minimum Gasteiger partial charge on any atom is -0.493 e. The first-order chi connectivity index (χ1) is 12.8. The highest BCUT2D eigenvalue weighted by Gasteiger charge is 2.26. The maximum Gasteiger partial charge on any atom is 0.220 e. The number of furan rings is 1. The number of carbonyl (C=O) groups excluding carboxylic acids is 1. The first-order valence-corrected chi connectivity index (χ1v) is 8.05. The highest BCUT2D eigenvalue weighted by Crippen LogP contribution is 2.43. The summed E-state index contributed by atoms with van der Waals surface area (Å²) in [6, 6.07) is 15.4. The Bertz CT molecular complexity index is 1060. The van der Waals surface area contributed by atoms with Crippen LogP contribution >= 0.6 is 0 Å². The Kier molecular flexibility index (Phi) is 4.11. The van der Waals surface area contributed by atoms with Crippen LogP contribution in [0.15, 0.2) is 70.1 Å². The van der Waals surface area contributed by atoms with E-state index in [0.29, 0.717) is 40.7 Å². The van der Waals surface area contributed by atoms with Crippen molar-refractivity contribution in [2.24, 2.45) is 4.99 Å². The fourth-order valence-corrected chi connectivity index (χ4v) is 2.79. The Labute approximate surface area is 149 Å². The standard InChI is InChI=1S/C21H15NO4/c1-24-16-9-5-8-15-19-21(26-20(15)16)17(12-13-23)25-18(22-19)11-10-14-6-3-2-4-7-14/h2-13H,1H3/b11-10+,17-12+. The molecule has 0 atom stereocenters. The van der Waals surface area contributed by atoms with Gasteiger partial charge in [-0.2, -0.15) is 0 Å². The van der Waals surface area contributed by atoms with Crippen molar-refractivity contribution in [2.75, 3.05) is 7.11 Å². The van der Waals surface area contributed by atoms with Crippen molar-refractivity contribution in [2.45, 2.75) is 0 Å². The van der Waals surface area contributed by atoms with Crippen molar-refractivity contribution in [3.05, 3.63) is 72.0 Å². The number of aliphatic imine (C=N–C) groups is 1. The molecule has 1 aromatic heterocycles. The number of ether oxygens (including phenoxy) is 2. The van der Waals surface area contributed by atoms with E-state index in [-0.39, 0.29) is 0 Å². The largest absolute Gasteiger partial charge is 0.493 e. The van der Waals surface area contributed by atoms with E-state index in [1.54, 1.807) is 19.3 Å². The zero-order chi connectivity index (χ0) is 17.9. The Hall–Kier alpha value is -3.60. The number of allylic oxidation sites excluding steroid dienone is 1. The summed E-state index contributed by atoms with van der Waals surface area (Å²) in [5.41, 5.74) is 2.20. The highest BCUT2D eigenvalue weighted by molar-refractivity contribution is 6.07. The fourth-order valence-electron chi connectivity index (χ4n) is 2.79. The second-order valence-electron chi connectivity index (χ2n) is 5.58. The fraction of sp³-hybridized carbons (Fsp3) is 0.0476. The van der Waals surface area contributed by atoms with Crippen LogP contribution in [0.5, 0.6) is 5.75 Å². The number of rotatable bonds is 4. The first kappa shape index (κ1) is 15.9. The van der Waals surface area contributed by atoms with E-state index in [1.165, 1.54) is 6.08 Å². The van der Waals surface area contributed by atoms with Gasteiger partial charge in [-0.15, -0.1) is 0 Å². The monoisotopic (exact) mass is 345 g/mol. The topological polar surface area (TPSA) is 61.0 Å². The summed E-state index contributed by atoms with van der Waals surface area (Å²) in [4.78, 5) is 15.6. The summed E-state index contributed by atoms with van der Waals surface area (Å²) in [5, 5.41) is 0.796. The average Bonchev–Trinajstić information content (AvgIpc) is 3.06. The molecule has 0 saturated carbocycles. The van der Waals surface area contributed by atoms with Crippen LogP contribution in [0.25, 0.3) is 22.8 Å². The molecule has 3 aromatic rings. The van der Waals surface area contributed by atoms with E-state index in [0.717, 1.165) is 10.9 Å². The molecule has 2 aromatic carbocycles. The van der Waals surface area contributed by atoms with Crippen molar-refractivity contribution in [1.29, 1.82) is 0 Å². The summed E-state index contributed by atoms with van der Waals surface area (Å²) in [5.74, 6) is 1.70. The molecular weight excluding hydrogens is 330 g/mol. The van der Waals surface area contributed by atoms with Gasteiger partial charge in [0.15, 0.2) is 22.9 Å². The number of nitrogens with zero attached hydrogens (tertiary/aromatic N) is 1. The number of fused-ring (bicyclic) bond motifs is 3. The summed E-state index contributed by atoms with van der Waals surface area (Å²) < 4.78 is 17.0. The van der Waals surface area contributed by atoms with Gasteiger partial charge in [-0.3, -0.25) is 4.79 Å². The minimum atomic E-state index is 0.316. The number of hydrogen-bond acceptors (Lipinski definition) is 5. The van der Waals surface area contributed by atoms with Gasteiger partial charge in [-0.25, -0.2) is 4.99 Å². The first-order valence-electron chi connectivity index (χ1n) is 8.05. The zero-order valence-electron chi connectivity index (χ0n) is 14.0. The van der Waals surface area contributed by atoms with Crippen molar-refractivity contribution < 1.29 is 18.7 Å². The van der Waals surface area contributed by atoms with Crippen LogP contribution < -0.4 is 4.74 Å². The van der Waals surface area contributed by atoms with Gasteiger partial charge >= 0.3 is 0 Å². The molecule has 0 N–H and O–H groups in total. The molecule has 128 valence electrons. The quantitative estimate of drug-likeness (QED) is 0.505. The smallest absolute Gasteiger partial charge is 0.220 e. The summed E-state index contributed by atoms with van der Waals surface area (Å²) >= 11 is 0. The maximum absolute atomic E-state index is 11.0. The molecule has 5 heteroatoms. The van der Waals surface area contributed by atoms with Crippen LogP contribution in [0.1, 0.15) is 11.3 Å². The van der Waals surface area contributed by atoms with E-state index >= 15 is 0 Å². The van der Waals surface area contributed by atoms with E-state index < -0.39 is 0 Å². The molecule has 0 bridgehead atoms. The Balaban J connectivity index is 1.84. The third-order valence-corrected chi connectivity index (χ3v) is 3.97. The van der Waals surface area contributed by atoms with Crippen molar-refractivity contribution >= 4 is 40.7 Å². The number of hydrogen-bond donors (Lipinski definition) is 0. The van der Waals surface area contributed by atoms with Gasteiger partial charge in [0, 0.05) is 12.2 Å². The number of para-hydroxylation sites is 1. The molecule has 0 amide bonds. The lowest BCUT2D eigenvalue weighted by Crippen LogP contribution is -2.05. The highest BCUT2D eigenvalue weighted by atomic mass is 16.5. The molecule has 0 spiro atoms. The zero-order valence-corrected chi connectivity index (χ0v) is 14.0. The third kappa shape index (κ3) is 2.80. The molecule has 1 aliphatic heterocycles. The molecule has 4 rings (SSSR count). The van der Waals surface area contributed by atoms with Crippen LogP contribution in [0.2, 0.25) is 0 Å². The van der Waals surface area contributed by atoms with Crippen molar-refractivity contribution in [3.8, 4) is 5.75 Å². The molecule has 0 radical (unpaired) electrons. The van der Waals surface area contributed by atoms with E-state index in [1.807, 2.05) is 48.5 Å². The van der Waals surface area contributed by atoms with Gasteiger partial charge in [0.1, 0.15) is 12.0 Å². The Morgan fingerprint density at radius 3 is 2.65 bits per heavy atom. The van der Waals surface area contributed by atoms with E-state index in [9.17, 15) is 4.79 Å². The second-order valence-corrected chi connectivity index (χ2v) is 5.58. The number of methoxy groups -OCH3 is 1. The number of benzene rings is 2. The second kappa shape index (κ2) is 6.72. The van der Waals surface area contributed by atoms with Gasteiger partial charge in [-0.1, -0.05) is 36.4 Å². The van der Waals surface area contributed by atoms with Crippen LogP contribution in [-0.2, 0) is 9.53 Å². The number of aldehydes is 1.